The van der Waals surface area contributed by atoms with Gasteiger partial charge in [0.25, 0.3) is 0 Å². The monoisotopic (exact) mass is 1490 g/mol. The number of rotatable bonds is 51. The zero-order valence-electron chi connectivity index (χ0n) is 61.2. The van der Waals surface area contributed by atoms with Gasteiger partial charge >= 0.3 is 0 Å². The summed E-state index contributed by atoms with van der Waals surface area (Å²) in [6, 6.07) is -4.36. The van der Waals surface area contributed by atoms with Gasteiger partial charge in [0.2, 0.25) is 17.7 Å². The third-order valence-electron chi connectivity index (χ3n) is 20.1. The molecule has 103 heavy (non-hydrogen) atoms. The number of hydrogen-bond acceptors (Lipinski definition) is 28. The highest BCUT2D eigenvalue weighted by molar-refractivity contribution is 5.76. The first-order chi connectivity index (χ1) is 49.6. The molecule has 5 fully saturated rings. The fourth-order valence-electron chi connectivity index (χ4n) is 14.0. The first kappa shape index (κ1) is 90.8. The number of unbranched alkanes of at least 4 members (excludes halogenated alkanes) is 27. The normalized spacial score (nSPS) is 34.9. The summed E-state index contributed by atoms with van der Waals surface area (Å²) in [6.07, 6.45) is -7.19. The van der Waals surface area contributed by atoms with E-state index in [4.69, 9.17) is 47.4 Å². The van der Waals surface area contributed by atoms with Crippen molar-refractivity contribution in [1.29, 1.82) is 0 Å². The molecule has 5 heterocycles. The number of allylic oxidation sites excluding steroid dienone is 1. The molecular weight excluding hydrogens is 1350 g/mol. The molecule has 31 nitrogen and oxygen atoms in total. The van der Waals surface area contributed by atoms with Gasteiger partial charge in [-0.05, 0) is 19.3 Å². The second kappa shape index (κ2) is 50.0. The zero-order valence-corrected chi connectivity index (χ0v) is 61.2. The van der Waals surface area contributed by atoms with E-state index < -0.39 is 217 Å². The van der Waals surface area contributed by atoms with Crippen LogP contribution in [0.3, 0.4) is 0 Å². The van der Waals surface area contributed by atoms with Crippen LogP contribution in [0.1, 0.15) is 220 Å². The van der Waals surface area contributed by atoms with E-state index >= 15 is 0 Å². The van der Waals surface area contributed by atoms with E-state index in [0.29, 0.717) is 12.8 Å². The molecule has 3 amide bonds. The third kappa shape index (κ3) is 29.5. The molecule has 602 valence electrons. The molecule has 5 rings (SSSR count). The molecule has 27 atom stereocenters. The predicted octanol–water partition coefficient (Wildman–Crippen LogP) is 0.532. The van der Waals surface area contributed by atoms with Crippen molar-refractivity contribution in [3.05, 3.63) is 12.2 Å². The van der Waals surface area contributed by atoms with E-state index in [1.807, 2.05) is 6.08 Å². The molecule has 0 aliphatic carbocycles. The Morgan fingerprint density at radius 1 is 0.379 bits per heavy atom. The second-order valence-corrected chi connectivity index (χ2v) is 28.6. The van der Waals surface area contributed by atoms with Crippen LogP contribution in [0.4, 0.5) is 0 Å². The van der Waals surface area contributed by atoms with Gasteiger partial charge in [-0.1, -0.05) is 193 Å². The highest BCUT2D eigenvalue weighted by Crippen LogP contribution is 2.37. The number of amides is 3. The van der Waals surface area contributed by atoms with Gasteiger partial charge in [0.05, 0.1) is 51.8 Å². The molecule has 0 aromatic heterocycles. The van der Waals surface area contributed by atoms with Gasteiger partial charge < -0.3 is 140 Å². The van der Waals surface area contributed by atoms with Gasteiger partial charge in [-0.25, -0.2) is 0 Å². The van der Waals surface area contributed by atoms with E-state index in [9.17, 15) is 91.0 Å². The number of carbonyl (C=O) groups is 3. The third-order valence-corrected chi connectivity index (χ3v) is 20.1. The van der Waals surface area contributed by atoms with Crippen molar-refractivity contribution in [3.63, 3.8) is 0 Å². The standard InChI is InChI=1S/C72H131N3O28/c1-5-7-9-11-13-15-17-19-20-21-22-24-26-28-30-32-34-36-52(84)75-45(46(83)35-33-31-29-27-25-23-18-16-14-12-10-8-6-2)42-94-70-61(91)59(89)64(49(39-78)97-70)100-71-62(92)60(90)65(50(40-79)98-71)101-72-63(93)67(103-69-54(74-44(4)82)58(88)56(86)48(38-77)96-69)66(51(41-80)99-72)102-68-53(73-43(3)81)57(87)55(85)47(37-76)95-68/h33,35,45-51,53-72,76-80,83,85-93H,5-32,34,36-42H2,1-4H3,(H,73,81)(H,74,82)(H,75,84)/b35-33+/t45-,46+,47?,48?,49?,50?,51?,53?,54?,55-,56-,57+,58+,59+,60+,61?,62?,63?,64+,65-,66-,67+,68-,69-,70+,71-,72-/m0/s1. The van der Waals surface area contributed by atoms with Crippen molar-refractivity contribution in [2.75, 3.05) is 39.6 Å². The summed E-state index contributed by atoms with van der Waals surface area (Å²) in [6.45, 7) is 1.29. The molecule has 0 aromatic rings. The minimum absolute atomic E-state index is 0.190. The summed E-state index contributed by atoms with van der Waals surface area (Å²) in [5.74, 6) is -1.88. The highest BCUT2D eigenvalue weighted by Gasteiger charge is 2.58. The summed E-state index contributed by atoms with van der Waals surface area (Å²) in [7, 11) is 0. The molecule has 5 saturated heterocycles. The van der Waals surface area contributed by atoms with Gasteiger partial charge in [-0.15, -0.1) is 0 Å². The Hall–Kier alpha value is -2.85. The fourth-order valence-corrected chi connectivity index (χ4v) is 14.0. The van der Waals surface area contributed by atoms with Crippen molar-refractivity contribution in [1.82, 2.24) is 16.0 Å². The van der Waals surface area contributed by atoms with Crippen LogP contribution in [-0.4, -0.2) is 300 Å². The average molecular weight is 1490 g/mol. The summed E-state index contributed by atoms with van der Waals surface area (Å²) >= 11 is 0. The van der Waals surface area contributed by atoms with Gasteiger partial charge in [0.1, 0.15) is 122 Å². The Morgan fingerprint density at radius 3 is 1.11 bits per heavy atom. The van der Waals surface area contributed by atoms with Gasteiger partial charge in [0, 0.05) is 20.3 Å². The number of nitrogens with one attached hydrogen (secondary N) is 3. The minimum atomic E-state index is -2.26. The van der Waals surface area contributed by atoms with Crippen LogP contribution in [0, 0.1) is 0 Å². The lowest BCUT2D eigenvalue weighted by Crippen LogP contribution is -2.70. The van der Waals surface area contributed by atoms with Gasteiger partial charge in [0.15, 0.2) is 31.5 Å². The maximum Gasteiger partial charge on any atom is 0.220 e. The van der Waals surface area contributed by atoms with Crippen molar-refractivity contribution in [3.8, 4) is 0 Å². The largest absolute Gasteiger partial charge is 0.394 e. The zero-order chi connectivity index (χ0) is 75.4. The summed E-state index contributed by atoms with van der Waals surface area (Å²) < 4.78 is 59.8. The summed E-state index contributed by atoms with van der Waals surface area (Å²) in [5, 5.41) is 175. The number of carbonyl (C=O) groups excluding carboxylic acids is 3. The second-order valence-electron chi connectivity index (χ2n) is 28.6. The van der Waals surface area contributed by atoms with Crippen LogP contribution in [0.15, 0.2) is 12.2 Å². The molecule has 0 radical (unpaired) electrons. The van der Waals surface area contributed by atoms with Crippen LogP contribution in [0.5, 0.6) is 0 Å². The lowest BCUT2D eigenvalue weighted by atomic mass is 9.94. The Morgan fingerprint density at radius 2 is 0.709 bits per heavy atom. The topological polar surface area (TPSA) is 483 Å². The van der Waals surface area contributed by atoms with Crippen molar-refractivity contribution in [2.45, 2.75) is 386 Å². The molecular formula is C72H131N3O28. The van der Waals surface area contributed by atoms with Gasteiger partial charge in [-0.2, -0.15) is 0 Å². The molecule has 31 heteroatoms. The van der Waals surface area contributed by atoms with E-state index in [0.717, 1.165) is 65.2 Å². The van der Waals surface area contributed by atoms with Crippen molar-refractivity contribution >= 4 is 17.7 Å². The Kier molecular flexibility index (Phi) is 44.1. The number of ether oxygens (including phenoxy) is 10. The smallest absolute Gasteiger partial charge is 0.220 e. The number of aliphatic hydroxyl groups excluding tert-OH is 15. The predicted molar refractivity (Wildman–Crippen MR) is 370 cm³/mol. The molecule has 5 aliphatic rings. The van der Waals surface area contributed by atoms with Crippen LogP contribution in [0.2, 0.25) is 0 Å². The van der Waals surface area contributed by atoms with Crippen LogP contribution in [0.25, 0.3) is 0 Å². The quantitative estimate of drug-likeness (QED) is 0.0292. The molecule has 0 spiro atoms. The number of aliphatic hydroxyl groups is 15. The number of hydrogen-bond donors (Lipinski definition) is 18. The van der Waals surface area contributed by atoms with E-state index in [1.165, 1.54) is 122 Å². The minimum Gasteiger partial charge on any atom is -0.394 e. The maximum atomic E-state index is 13.5. The van der Waals surface area contributed by atoms with Crippen molar-refractivity contribution < 1.29 is 138 Å². The lowest BCUT2D eigenvalue weighted by Gasteiger charge is -2.51. The van der Waals surface area contributed by atoms with Crippen LogP contribution >= 0.6 is 0 Å². The fraction of sp³-hybridized carbons (Fsp3) is 0.931. The first-order valence-corrected chi connectivity index (χ1v) is 38.5. The summed E-state index contributed by atoms with van der Waals surface area (Å²) in [5.41, 5.74) is 0. The van der Waals surface area contributed by atoms with E-state index in [-0.39, 0.29) is 12.3 Å². The SMILES string of the molecule is CCCCCCCCCCCCC/C=C/[C@@H](O)[C@H](CO[C@@H]1OC(CO)[C@@H](O[C@@H]2OC(CO)[C@H](O[C@@H]3OC(CO)[C@H](O[C@@H]4OC(CO)[C@H](O)[C@H](O)C4NC(C)=O)[C@H](O[C@@H]4OC(CO)[C@H](O)[C@H](O)C4NC(C)=O)C3O)[C@H](O)C2O)[C@H](O)C1O)NC(=O)CCCCCCCCCCCCCCCCCCC. The Balaban J connectivity index is 1.23. The Bertz CT molecular complexity index is 2310. The highest BCUT2D eigenvalue weighted by atomic mass is 16.8. The first-order valence-electron chi connectivity index (χ1n) is 38.5. The average Bonchev–Trinajstić information content (AvgIpc) is 0.768. The van der Waals surface area contributed by atoms with Crippen LogP contribution in [-0.2, 0) is 61.8 Å². The molecule has 0 bridgehead atoms. The molecule has 0 saturated carbocycles. The van der Waals surface area contributed by atoms with Gasteiger partial charge in [-0.3, -0.25) is 14.4 Å². The van der Waals surface area contributed by atoms with E-state index in [2.05, 4.69) is 29.8 Å². The molecule has 18 N–H and O–H groups in total. The summed E-state index contributed by atoms with van der Waals surface area (Å²) in [4.78, 5) is 38.4. The van der Waals surface area contributed by atoms with Crippen molar-refractivity contribution in [2.24, 2.45) is 0 Å². The molecule has 0 aromatic carbocycles. The van der Waals surface area contributed by atoms with E-state index in [1.54, 1.807) is 6.08 Å². The lowest BCUT2D eigenvalue weighted by molar-refractivity contribution is -0.396. The van der Waals surface area contributed by atoms with Crippen LogP contribution < -0.4 is 16.0 Å². The Labute approximate surface area is 607 Å². The molecule has 5 aliphatic heterocycles. The maximum absolute atomic E-state index is 13.5. The molecule has 10 unspecified atom stereocenters.